The summed E-state index contributed by atoms with van der Waals surface area (Å²) in [5.74, 6) is 1.76. The van der Waals surface area contributed by atoms with Gasteiger partial charge in [-0.3, -0.25) is 0 Å². The molecule has 0 saturated carbocycles. The molecular weight excluding hydrogens is 194 g/mol. The maximum absolute atomic E-state index is 2.43. The van der Waals surface area contributed by atoms with Gasteiger partial charge < -0.3 is 4.48 Å². The third-order valence-electron chi connectivity index (χ3n) is 4.10. The summed E-state index contributed by atoms with van der Waals surface area (Å²) >= 11 is 0. The van der Waals surface area contributed by atoms with Gasteiger partial charge in [-0.2, -0.15) is 0 Å². The summed E-state index contributed by atoms with van der Waals surface area (Å²) in [6, 6.07) is 0. The molecule has 0 aliphatic rings. The largest absolute Gasteiger partial charge is 0.326 e. The van der Waals surface area contributed by atoms with Crippen LogP contribution in [0.15, 0.2) is 0 Å². The summed E-state index contributed by atoms with van der Waals surface area (Å²) in [5.41, 5.74) is 0. The molecule has 0 aliphatic carbocycles. The molecule has 0 aromatic rings. The molecule has 0 rings (SSSR count). The Bertz CT molecular complexity index is 165. The lowest BCUT2D eigenvalue weighted by Gasteiger charge is -2.34. The highest BCUT2D eigenvalue weighted by Gasteiger charge is 2.19. The van der Waals surface area contributed by atoms with Gasteiger partial charge in [0.2, 0.25) is 0 Å². The first kappa shape index (κ1) is 16.0. The fraction of sp³-hybridized carbons (Fsp3) is 1.00. The third kappa shape index (κ3) is 7.27. The van der Waals surface area contributed by atoms with E-state index in [4.69, 9.17) is 0 Å². The van der Waals surface area contributed by atoms with Crippen molar-refractivity contribution in [2.75, 3.05) is 26.7 Å². The van der Waals surface area contributed by atoms with E-state index in [9.17, 15) is 0 Å². The van der Waals surface area contributed by atoms with Crippen LogP contribution in [0, 0.1) is 11.8 Å². The van der Waals surface area contributed by atoms with Crippen LogP contribution in [0.1, 0.15) is 60.3 Å². The maximum Gasteiger partial charge on any atom is 0.0787 e. The Hall–Kier alpha value is -0.0400. The van der Waals surface area contributed by atoms with Crippen LogP contribution in [-0.2, 0) is 0 Å². The molecule has 0 spiro atoms. The van der Waals surface area contributed by atoms with Gasteiger partial charge in [-0.05, 0) is 38.0 Å². The molecule has 16 heavy (non-hydrogen) atoms. The van der Waals surface area contributed by atoms with Gasteiger partial charge in [0.1, 0.15) is 0 Å². The lowest BCUT2D eigenvalue weighted by atomic mass is 10.0. The van der Waals surface area contributed by atoms with Crippen LogP contribution in [0.3, 0.4) is 0 Å². The average Bonchev–Trinajstić information content (AvgIpc) is 2.25. The van der Waals surface area contributed by atoms with Crippen LogP contribution < -0.4 is 0 Å². The minimum atomic E-state index is 0.861. The first-order chi connectivity index (χ1) is 7.43. The molecule has 0 fully saturated rings. The minimum absolute atomic E-state index is 0.861. The van der Waals surface area contributed by atoms with E-state index >= 15 is 0 Å². The Morgan fingerprint density at radius 1 is 0.938 bits per heavy atom. The van der Waals surface area contributed by atoms with E-state index < -0.39 is 0 Å². The Kier molecular flexibility index (Phi) is 8.09. The first-order valence-electron chi connectivity index (χ1n) is 7.27. The number of hydrogen-bond donors (Lipinski definition) is 0. The number of rotatable bonds is 9. The highest BCUT2D eigenvalue weighted by Crippen LogP contribution is 2.14. The second-order valence-electron chi connectivity index (χ2n) is 6.22. The van der Waals surface area contributed by atoms with Crippen LogP contribution in [0.2, 0.25) is 0 Å². The second-order valence-corrected chi connectivity index (χ2v) is 6.22. The molecule has 2 atom stereocenters. The molecule has 0 heterocycles. The van der Waals surface area contributed by atoms with Gasteiger partial charge in [-0.1, -0.05) is 34.1 Å². The minimum Gasteiger partial charge on any atom is -0.326 e. The molecule has 0 saturated heterocycles. The highest BCUT2D eigenvalue weighted by atomic mass is 15.3. The Labute approximate surface area is 104 Å². The standard InChI is InChI=1S/C15H34N/c1-7-15(5)11-13-16(6,8-2)12-9-10-14(3)4/h14-15H,7-13H2,1-6H3/q+1. The zero-order chi connectivity index (χ0) is 12.6. The zero-order valence-electron chi connectivity index (χ0n) is 12.6. The van der Waals surface area contributed by atoms with E-state index in [0.29, 0.717) is 0 Å². The molecule has 98 valence electrons. The summed E-state index contributed by atoms with van der Waals surface area (Å²) in [6.07, 6.45) is 5.50. The van der Waals surface area contributed by atoms with Crippen LogP contribution in [-0.4, -0.2) is 31.2 Å². The van der Waals surface area contributed by atoms with E-state index in [0.717, 1.165) is 11.8 Å². The monoisotopic (exact) mass is 228 g/mol. The number of hydrogen-bond acceptors (Lipinski definition) is 0. The lowest BCUT2D eigenvalue weighted by molar-refractivity contribution is -0.908. The van der Waals surface area contributed by atoms with E-state index in [1.807, 2.05) is 0 Å². The SMILES string of the molecule is CCC(C)CC[N+](C)(CC)CCCC(C)C. The van der Waals surface area contributed by atoms with Crippen molar-refractivity contribution in [3.05, 3.63) is 0 Å². The van der Waals surface area contributed by atoms with Crippen LogP contribution in [0.4, 0.5) is 0 Å². The summed E-state index contributed by atoms with van der Waals surface area (Å²) in [7, 11) is 2.43. The van der Waals surface area contributed by atoms with Crippen molar-refractivity contribution in [3.8, 4) is 0 Å². The number of nitrogens with zero attached hydrogens (tertiary/aromatic N) is 1. The lowest BCUT2D eigenvalue weighted by Crippen LogP contribution is -2.45. The first-order valence-corrected chi connectivity index (χ1v) is 7.27. The molecule has 0 N–H and O–H groups in total. The zero-order valence-corrected chi connectivity index (χ0v) is 12.6. The molecule has 0 aliphatic heterocycles. The molecule has 1 heteroatoms. The normalized spacial score (nSPS) is 17.4. The van der Waals surface area contributed by atoms with Crippen molar-refractivity contribution in [1.82, 2.24) is 0 Å². The Morgan fingerprint density at radius 3 is 2.00 bits per heavy atom. The molecule has 0 aromatic carbocycles. The van der Waals surface area contributed by atoms with Crippen molar-refractivity contribution in [1.29, 1.82) is 0 Å². The van der Waals surface area contributed by atoms with Gasteiger partial charge in [0.25, 0.3) is 0 Å². The van der Waals surface area contributed by atoms with Crippen LogP contribution >= 0.6 is 0 Å². The van der Waals surface area contributed by atoms with E-state index in [1.165, 1.54) is 49.8 Å². The fourth-order valence-corrected chi connectivity index (χ4v) is 2.05. The van der Waals surface area contributed by atoms with Gasteiger partial charge in [-0.25, -0.2) is 0 Å². The van der Waals surface area contributed by atoms with Crippen molar-refractivity contribution >= 4 is 0 Å². The highest BCUT2D eigenvalue weighted by molar-refractivity contribution is 4.51. The van der Waals surface area contributed by atoms with Crippen molar-refractivity contribution in [2.24, 2.45) is 11.8 Å². The van der Waals surface area contributed by atoms with E-state index in [2.05, 4.69) is 41.7 Å². The van der Waals surface area contributed by atoms with Crippen molar-refractivity contribution in [2.45, 2.75) is 60.3 Å². The molecule has 0 bridgehead atoms. The molecule has 0 radical (unpaired) electrons. The quantitative estimate of drug-likeness (QED) is 0.515. The molecule has 0 amide bonds. The third-order valence-corrected chi connectivity index (χ3v) is 4.10. The second kappa shape index (κ2) is 8.11. The summed E-state index contributed by atoms with van der Waals surface area (Å²) in [6.45, 7) is 15.7. The molecule has 2 unspecified atom stereocenters. The fourth-order valence-electron chi connectivity index (χ4n) is 2.05. The maximum atomic E-state index is 2.43. The van der Waals surface area contributed by atoms with E-state index in [-0.39, 0.29) is 0 Å². The van der Waals surface area contributed by atoms with Gasteiger partial charge in [0.15, 0.2) is 0 Å². The predicted octanol–water partition coefficient (Wildman–Crippen LogP) is 4.33. The molecule has 1 nitrogen and oxygen atoms in total. The van der Waals surface area contributed by atoms with Gasteiger partial charge in [0, 0.05) is 0 Å². The van der Waals surface area contributed by atoms with Gasteiger partial charge >= 0.3 is 0 Å². The Balaban J connectivity index is 3.90. The summed E-state index contributed by atoms with van der Waals surface area (Å²) < 4.78 is 1.27. The van der Waals surface area contributed by atoms with Crippen LogP contribution in [0.25, 0.3) is 0 Å². The van der Waals surface area contributed by atoms with Crippen molar-refractivity contribution in [3.63, 3.8) is 0 Å². The smallest absolute Gasteiger partial charge is 0.0787 e. The average molecular weight is 228 g/mol. The van der Waals surface area contributed by atoms with Crippen molar-refractivity contribution < 1.29 is 4.48 Å². The van der Waals surface area contributed by atoms with Crippen LogP contribution in [0.5, 0.6) is 0 Å². The molecule has 0 aromatic heterocycles. The summed E-state index contributed by atoms with van der Waals surface area (Å²) in [4.78, 5) is 0. The van der Waals surface area contributed by atoms with E-state index in [1.54, 1.807) is 0 Å². The predicted molar refractivity (Wildman–Crippen MR) is 74.6 cm³/mol. The number of quaternary nitrogens is 1. The molecular formula is C15H34N+. The summed E-state index contributed by atoms with van der Waals surface area (Å²) in [5, 5.41) is 0. The van der Waals surface area contributed by atoms with Gasteiger partial charge in [0.05, 0.1) is 26.7 Å². The van der Waals surface area contributed by atoms with Gasteiger partial charge in [-0.15, -0.1) is 0 Å². The Morgan fingerprint density at radius 2 is 1.56 bits per heavy atom. The topological polar surface area (TPSA) is 0 Å².